The van der Waals surface area contributed by atoms with Crippen LogP contribution >= 0.6 is 0 Å². The summed E-state index contributed by atoms with van der Waals surface area (Å²) in [7, 11) is 0. The van der Waals surface area contributed by atoms with Gasteiger partial charge in [0.2, 0.25) is 0 Å². The van der Waals surface area contributed by atoms with Crippen LogP contribution in [0.4, 0.5) is 32.2 Å². The highest BCUT2D eigenvalue weighted by atomic mass is 19.4. The lowest BCUT2D eigenvalue weighted by atomic mass is 10.1. The molecular formula is C25H18F6N6O2. The largest absolute Gasteiger partial charge is 0.418 e. The van der Waals surface area contributed by atoms with E-state index < -0.39 is 58.7 Å². The maximum Gasteiger partial charge on any atom is 0.418 e. The van der Waals surface area contributed by atoms with Gasteiger partial charge in [-0.3, -0.25) is 9.59 Å². The number of alkyl halides is 4. The second kappa shape index (κ2) is 9.60. The Labute approximate surface area is 216 Å². The monoisotopic (exact) mass is 548 g/mol. The third kappa shape index (κ3) is 4.96. The molecule has 202 valence electrons. The third-order valence-corrected chi connectivity index (χ3v) is 6.29. The molecule has 2 aromatic heterocycles. The van der Waals surface area contributed by atoms with Gasteiger partial charge in [-0.2, -0.15) is 18.3 Å². The smallest absolute Gasteiger partial charge is 0.382 e. The molecule has 0 aliphatic carbocycles. The minimum absolute atomic E-state index is 0.125. The molecule has 39 heavy (non-hydrogen) atoms. The van der Waals surface area contributed by atoms with Crippen molar-refractivity contribution in [2.24, 2.45) is 0 Å². The Bertz CT molecular complexity index is 1590. The summed E-state index contributed by atoms with van der Waals surface area (Å²) >= 11 is 0. The van der Waals surface area contributed by atoms with Crippen LogP contribution in [0.1, 0.15) is 26.3 Å². The van der Waals surface area contributed by atoms with E-state index in [9.17, 15) is 35.9 Å². The molecule has 0 radical (unpaired) electrons. The van der Waals surface area contributed by atoms with Crippen LogP contribution in [0.25, 0.3) is 16.8 Å². The highest BCUT2D eigenvalue weighted by Gasteiger charge is 2.38. The molecule has 0 bridgehead atoms. The van der Waals surface area contributed by atoms with Gasteiger partial charge in [0, 0.05) is 23.2 Å². The summed E-state index contributed by atoms with van der Waals surface area (Å²) in [5.74, 6) is -3.42. The first kappa shape index (κ1) is 26.0. The van der Waals surface area contributed by atoms with Crippen LogP contribution < -0.4 is 11.1 Å². The molecule has 4 aromatic rings. The first-order valence-corrected chi connectivity index (χ1v) is 11.4. The zero-order valence-electron chi connectivity index (χ0n) is 19.7. The van der Waals surface area contributed by atoms with Crippen molar-refractivity contribution < 1.29 is 35.9 Å². The molecule has 1 fully saturated rings. The zero-order chi connectivity index (χ0) is 28.1. The normalized spacial score (nSPS) is 17.5. The van der Waals surface area contributed by atoms with Gasteiger partial charge in [-0.05, 0) is 48.5 Å². The Morgan fingerprint density at radius 3 is 2.38 bits per heavy atom. The average molecular weight is 548 g/mol. The highest BCUT2D eigenvalue weighted by Crippen LogP contribution is 2.38. The first-order chi connectivity index (χ1) is 18.4. The van der Waals surface area contributed by atoms with E-state index in [1.54, 1.807) is 0 Å². The maximum atomic E-state index is 14.7. The number of aromatic nitrogens is 3. The summed E-state index contributed by atoms with van der Waals surface area (Å²) in [6.45, 7) is -0.549. The van der Waals surface area contributed by atoms with E-state index in [1.165, 1.54) is 12.1 Å². The summed E-state index contributed by atoms with van der Waals surface area (Å²) in [6, 6.07) is 7.12. The number of carbonyl (C=O) groups is 2. The predicted molar refractivity (Wildman–Crippen MR) is 126 cm³/mol. The molecule has 0 spiro atoms. The fourth-order valence-corrected chi connectivity index (χ4v) is 4.45. The van der Waals surface area contributed by atoms with E-state index in [2.05, 4.69) is 15.4 Å². The minimum atomic E-state index is -4.83. The summed E-state index contributed by atoms with van der Waals surface area (Å²) in [4.78, 5) is 30.3. The molecule has 1 saturated heterocycles. The molecule has 2 amide bonds. The number of rotatable bonds is 4. The second-order valence-corrected chi connectivity index (χ2v) is 8.89. The van der Waals surface area contributed by atoms with Crippen LogP contribution in [0.15, 0.2) is 54.9 Å². The van der Waals surface area contributed by atoms with Crippen LogP contribution in [-0.4, -0.2) is 56.6 Å². The lowest BCUT2D eigenvalue weighted by Crippen LogP contribution is -2.41. The van der Waals surface area contributed by atoms with E-state index in [0.717, 1.165) is 46.1 Å². The summed E-state index contributed by atoms with van der Waals surface area (Å²) in [5, 5.41) is 6.20. The fraction of sp³-hybridized carbons (Fsp3) is 0.200. The number of amides is 2. The molecule has 2 atom stereocenters. The predicted octanol–water partition coefficient (Wildman–Crippen LogP) is 3.87. The number of fused-ring (bicyclic) bond motifs is 1. The standard InChI is InChI=1S/C25H18F6N6O2/c26-15-3-1-12(2-4-15)24(39)36-9-18(28)19(10-36)35-23(38)14-5-13(6-16(27)7-14)20-8-17(25(29,30)31)21-22(32)33-11-34-37(20)21/h1-8,11,18-19H,9-10H2,(H,35,38)(H2,32,33,34)/t18-,19+/m0/s1. The van der Waals surface area contributed by atoms with Crippen molar-refractivity contribution in [3.05, 3.63) is 83.2 Å². The minimum Gasteiger partial charge on any atom is -0.382 e. The Kier molecular flexibility index (Phi) is 6.40. The Morgan fingerprint density at radius 1 is 0.974 bits per heavy atom. The van der Waals surface area contributed by atoms with Gasteiger partial charge in [-0.15, -0.1) is 0 Å². The highest BCUT2D eigenvalue weighted by molar-refractivity contribution is 5.97. The molecule has 8 nitrogen and oxygen atoms in total. The van der Waals surface area contributed by atoms with Crippen molar-refractivity contribution in [2.75, 3.05) is 18.8 Å². The van der Waals surface area contributed by atoms with E-state index in [-0.39, 0.29) is 35.5 Å². The van der Waals surface area contributed by atoms with Crippen molar-refractivity contribution >= 4 is 23.1 Å². The van der Waals surface area contributed by atoms with Crippen LogP contribution in [0.5, 0.6) is 0 Å². The van der Waals surface area contributed by atoms with Gasteiger partial charge in [0.05, 0.1) is 23.8 Å². The number of nitrogens with two attached hydrogens (primary N) is 1. The number of halogens is 6. The summed E-state index contributed by atoms with van der Waals surface area (Å²) < 4.78 is 84.2. The summed E-state index contributed by atoms with van der Waals surface area (Å²) in [5.41, 5.74) is 3.46. The first-order valence-electron chi connectivity index (χ1n) is 11.4. The number of anilines is 1. The van der Waals surface area contributed by atoms with Crippen LogP contribution in [0.3, 0.4) is 0 Å². The van der Waals surface area contributed by atoms with E-state index in [0.29, 0.717) is 6.07 Å². The maximum absolute atomic E-state index is 14.7. The number of nitrogens with zero attached hydrogens (tertiary/aromatic N) is 4. The van der Waals surface area contributed by atoms with Gasteiger partial charge < -0.3 is 16.0 Å². The van der Waals surface area contributed by atoms with Crippen molar-refractivity contribution in [1.82, 2.24) is 24.8 Å². The van der Waals surface area contributed by atoms with Gasteiger partial charge in [-0.25, -0.2) is 22.7 Å². The topological polar surface area (TPSA) is 106 Å². The number of nitrogens with one attached hydrogen (secondary N) is 1. The number of hydrogen-bond acceptors (Lipinski definition) is 5. The summed E-state index contributed by atoms with van der Waals surface area (Å²) in [6.07, 6.45) is -5.56. The Balaban J connectivity index is 1.40. The molecule has 1 aliphatic rings. The molecule has 0 saturated carbocycles. The quantitative estimate of drug-likeness (QED) is 0.377. The van der Waals surface area contributed by atoms with Crippen LogP contribution in [-0.2, 0) is 6.18 Å². The molecule has 1 aliphatic heterocycles. The van der Waals surface area contributed by atoms with Gasteiger partial charge in [0.25, 0.3) is 11.8 Å². The van der Waals surface area contributed by atoms with Crippen LogP contribution in [0.2, 0.25) is 0 Å². The van der Waals surface area contributed by atoms with E-state index >= 15 is 0 Å². The van der Waals surface area contributed by atoms with Crippen LogP contribution in [0, 0.1) is 11.6 Å². The van der Waals surface area contributed by atoms with E-state index in [1.807, 2.05) is 0 Å². The molecular weight excluding hydrogens is 530 g/mol. The molecule has 14 heteroatoms. The van der Waals surface area contributed by atoms with Crippen molar-refractivity contribution in [3.8, 4) is 11.3 Å². The second-order valence-electron chi connectivity index (χ2n) is 8.89. The van der Waals surface area contributed by atoms with Gasteiger partial charge in [-0.1, -0.05) is 0 Å². The molecule has 3 heterocycles. The molecule has 2 aromatic carbocycles. The van der Waals surface area contributed by atoms with Crippen molar-refractivity contribution in [1.29, 1.82) is 0 Å². The Morgan fingerprint density at radius 2 is 1.69 bits per heavy atom. The Hall–Kier alpha value is -4.62. The SMILES string of the molecule is Nc1ncnn2c(-c3cc(F)cc(C(=O)N[C@@H]4CN(C(=O)c5ccc(F)cc5)C[C@@H]4F)c3)cc(C(F)(F)F)c12. The number of benzene rings is 2. The number of carbonyl (C=O) groups excluding carboxylic acids is 2. The lowest BCUT2D eigenvalue weighted by Gasteiger charge is -2.17. The number of likely N-dealkylation sites (tertiary alicyclic amines) is 1. The number of nitrogen functional groups attached to an aromatic ring is 1. The van der Waals surface area contributed by atoms with Gasteiger partial charge >= 0.3 is 6.18 Å². The fourth-order valence-electron chi connectivity index (χ4n) is 4.45. The van der Waals surface area contributed by atoms with Gasteiger partial charge in [0.1, 0.15) is 29.7 Å². The lowest BCUT2D eigenvalue weighted by molar-refractivity contribution is -0.136. The molecule has 3 N–H and O–H groups in total. The molecule has 0 unspecified atom stereocenters. The van der Waals surface area contributed by atoms with E-state index in [4.69, 9.17) is 5.73 Å². The average Bonchev–Trinajstić information content (AvgIpc) is 3.45. The van der Waals surface area contributed by atoms with Crippen molar-refractivity contribution in [3.63, 3.8) is 0 Å². The third-order valence-electron chi connectivity index (χ3n) is 6.29. The van der Waals surface area contributed by atoms with Gasteiger partial charge in [0.15, 0.2) is 5.82 Å². The zero-order valence-corrected chi connectivity index (χ0v) is 19.7. The van der Waals surface area contributed by atoms with Crippen molar-refractivity contribution in [2.45, 2.75) is 18.4 Å². The number of hydrogen-bond donors (Lipinski definition) is 2. The molecule has 5 rings (SSSR count).